The van der Waals surface area contributed by atoms with E-state index in [2.05, 4.69) is 0 Å². The van der Waals surface area contributed by atoms with Gasteiger partial charge in [-0.05, 0) is 26.2 Å². The van der Waals surface area contributed by atoms with Gasteiger partial charge in [0.05, 0.1) is 0 Å². The van der Waals surface area contributed by atoms with Crippen molar-refractivity contribution in [2.45, 2.75) is 4.21 Å². The average Bonchev–Trinajstić information content (AvgIpc) is 2.75. The Hall–Kier alpha value is -0.960. The lowest BCUT2D eigenvalue weighted by molar-refractivity contribution is 0.0702. The first-order chi connectivity index (χ1) is 8.25. The summed E-state index contributed by atoms with van der Waals surface area (Å²) in [6, 6.07) is 2.63. The highest BCUT2D eigenvalue weighted by atomic mass is 32.2. The number of hydrogen-bond acceptors (Lipinski definition) is 5. The second-order valence-electron chi connectivity index (χ2n) is 4.05. The predicted molar refractivity (Wildman–Crippen MR) is 69.6 cm³/mol. The molecular formula is C10H16N2O4S2. The molecule has 0 unspecified atom stereocenters. The van der Waals surface area contributed by atoms with Gasteiger partial charge in [0.25, 0.3) is 10.0 Å². The Morgan fingerprint density at radius 1 is 1.28 bits per heavy atom. The third-order valence-corrected chi connectivity index (χ3v) is 5.72. The second kappa shape index (κ2) is 5.79. The van der Waals surface area contributed by atoms with Crippen molar-refractivity contribution in [1.82, 2.24) is 9.21 Å². The monoisotopic (exact) mass is 292 g/mol. The van der Waals surface area contributed by atoms with Crippen LogP contribution in [0.1, 0.15) is 9.67 Å². The third-order valence-electron chi connectivity index (χ3n) is 2.32. The minimum atomic E-state index is -3.59. The number of carboxylic acid groups (broad SMARTS) is 1. The van der Waals surface area contributed by atoms with Gasteiger partial charge in [0, 0.05) is 20.1 Å². The molecule has 1 aromatic rings. The lowest BCUT2D eigenvalue weighted by Gasteiger charge is -2.18. The van der Waals surface area contributed by atoms with E-state index in [9.17, 15) is 13.2 Å². The number of thiophene rings is 1. The van der Waals surface area contributed by atoms with E-state index in [1.807, 2.05) is 19.0 Å². The topological polar surface area (TPSA) is 77.9 Å². The van der Waals surface area contributed by atoms with E-state index in [1.54, 1.807) is 0 Å². The van der Waals surface area contributed by atoms with Crippen LogP contribution in [0.5, 0.6) is 0 Å². The van der Waals surface area contributed by atoms with E-state index in [0.717, 1.165) is 11.3 Å². The van der Waals surface area contributed by atoms with E-state index in [0.29, 0.717) is 13.1 Å². The molecule has 0 saturated heterocycles. The van der Waals surface area contributed by atoms with Crippen molar-refractivity contribution < 1.29 is 18.3 Å². The minimum absolute atomic E-state index is 0.0228. The first-order valence-corrected chi connectivity index (χ1v) is 7.45. The molecule has 1 heterocycles. The number of sulfonamides is 1. The zero-order chi connectivity index (χ0) is 13.9. The van der Waals surface area contributed by atoms with E-state index >= 15 is 0 Å². The fourth-order valence-electron chi connectivity index (χ4n) is 1.19. The second-order valence-corrected chi connectivity index (χ2v) is 7.41. The molecule has 1 N–H and O–H groups in total. The highest BCUT2D eigenvalue weighted by molar-refractivity contribution is 7.91. The predicted octanol–water partition coefficient (Wildman–Crippen LogP) is 0.628. The maximum atomic E-state index is 12.1. The molecule has 102 valence electrons. The Morgan fingerprint density at radius 2 is 1.89 bits per heavy atom. The Kier molecular flexibility index (Phi) is 4.85. The summed E-state index contributed by atoms with van der Waals surface area (Å²) in [5, 5.41) is 8.77. The van der Waals surface area contributed by atoms with Gasteiger partial charge in [0.15, 0.2) is 0 Å². The molecule has 8 heteroatoms. The molecule has 1 aromatic heterocycles. The van der Waals surface area contributed by atoms with Gasteiger partial charge in [-0.1, -0.05) is 0 Å². The van der Waals surface area contributed by atoms with Crippen LogP contribution in [0.25, 0.3) is 0 Å². The fourth-order valence-corrected chi connectivity index (χ4v) is 3.71. The molecule has 0 aliphatic heterocycles. The Balaban J connectivity index is 2.87. The van der Waals surface area contributed by atoms with Gasteiger partial charge in [-0.15, -0.1) is 11.3 Å². The van der Waals surface area contributed by atoms with Gasteiger partial charge < -0.3 is 10.0 Å². The molecule has 0 aliphatic rings. The molecule has 0 saturated carbocycles. The summed E-state index contributed by atoms with van der Waals surface area (Å²) < 4.78 is 25.5. The standard InChI is InChI=1S/C10H16N2O4S2/c1-11(2)6-7-12(3)18(15,16)9-5-4-8(17-9)10(13)14/h4-5H,6-7H2,1-3H3,(H,13,14). The van der Waals surface area contributed by atoms with Gasteiger partial charge in [0.1, 0.15) is 9.09 Å². The van der Waals surface area contributed by atoms with Gasteiger partial charge >= 0.3 is 5.97 Å². The molecule has 0 atom stereocenters. The van der Waals surface area contributed by atoms with Crippen molar-refractivity contribution in [3.05, 3.63) is 17.0 Å². The first kappa shape index (κ1) is 15.1. The van der Waals surface area contributed by atoms with Gasteiger partial charge in [0.2, 0.25) is 0 Å². The van der Waals surface area contributed by atoms with Crippen LogP contribution >= 0.6 is 11.3 Å². The molecule has 6 nitrogen and oxygen atoms in total. The van der Waals surface area contributed by atoms with E-state index in [4.69, 9.17) is 5.11 Å². The maximum absolute atomic E-state index is 12.1. The molecule has 0 aliphatic carbocycles. The number of hydrogen-bond donors (Lipinski definition) is 1. The zero-order valence-corrected chi connectivity index (χ0v) is 12.1. The number of carboxylic acids is 1. The van der Waals surface area contributed by atoms with Crippen LogP contribution in [0.4, 0.5) is 0 Å². The number of aromatic carboxylic acids is 1. The molecule has 1 rings (SSSR count). The van der Waals surface area contributed by atoms with Crippen LogP contribution in [0.15, 0.2) is 16.3 Å². The number of nitrogens with zero attached hydrogens (tertiary/aromatic N) is 2. The Morgan fingerprint density at radius 3 is 2.33 bits per heavy atom. The zero-order valence-electron chi connectivity index (χ0n) is 10.5. The van der Waals surface area contributed by atoms with E-state index < -0.39 is 16.0 Å². The van der Waals surface area contributed by atoms with Crippen molar-refractivity contribution in [2.75, 3.05) is 34.2 Å². The molecule has 0 amide bonds. The maximum Gasteiger partial charge on any atom is 0.345 e. The fraction of sp³-hybridized carbons (Fsp3) is 0.500. The van der Waals surface area contributed by atoms with Gasteiger partial charge in [-0.25, -0.2) is 13.2 Å². The van der Waals surface area contributed by atoms with E-state index in [-0.39, 0.29) is 9.09 Å². The number of rotatable bonds is 6. The van der Waals surface area contributed by atoms with Crippen LogP contribution in [0.3, 0.4) is 0 Å². The summed E-state index contributed by atoms with van der Waals surface area (Å²) in [6.07, 6.45) is 0. The van der Waals surface area contributed by atoms with Crippen molar-refractivity contribution in [3.8, 4) is 0 Å². The van der Waals surface area contributed by atoms with Crippen LogP contribution in [-0.4, -0.2) is 62.9 Å². The Labute approximate surface area is 110 Å². The molecule has 18 heavy (non-hydrogen) atoms. The number of likely N-dealkylation sites (N-methyl/N-ethyl adjacent to an activating group) is 2. The van der Waals surface area contributed by atoms with Crippen molar-refractivity contribution >= 4 is 27.3 Å². The molecule has 0 aromatic carbocycles. The normalized spacial score (nSPS) is 12.3. The van der Waals surface area contributed by atoms with Crippen LogP contribution in [0, 0.1) is 0 Å². The summed E-state index contributed by atoms with van der Waals surface area (Å²) in [4.78, 5) is 12.6. The summed E-state index contributed by atoms with van der Waals surface area (Å²) in [5.41, 5.74) is 0. The van der Waals surface area contributed by atoms with Crippen LogP contribution in [0.2, 0.25) is 0 Å². The molecule has 0 spiro atoms. The van der Waals surface area contributed by atoms with Gasteiger partial charge in [-0.2, -0.15) is 4.31 Å². The summed E-state index contributed by atoms with van der Waals surface area (Å²) in [6.45, 7) is 0.961. The largest absolute Gasteiger partial charge is 0.477 e. The molecule has 0 radical (unpaired) electrons. The lowest BCUT2D eigenvalue weighted by Crippen LogP contribution is -2.33. The highest BCUT2D eigenvalue weighted by Crippen LogP contribution is 2.24. The minimum Gasteiger partial charge on any atom is -0.477 e. The van der Waals surface area contributed by atoms with Crippen molar-refractivity contribution in [2.24, 2.45) is 0 Å². The molecular weight excluding hydrogens is 276 g/mol. The van der Waals surface area contributed by atoms with Crippen molar-refractivity contribution in [1.29, 1.82) is 0 Å². The molecule has 0 bridgehead atoms. The van der Waals surface area contributed by atoms with Crippen molar-refractivity contribution in [3.63, 3.8) is 0 Å². The van der Waals surface area contributed by atoms with Gasteiger partial charge in [-0.3, -0.25) is 0 Å². The molecule has 0 fully saturated rings. The van der Waals surface area contributed by atoms with Crippen LogP contribution in [-0.2, 0) is 10.0 Å². The SMILES string of the molecule is CN(C)CCN(C)S(=O)(=O)c1ccc(C(=O)O)s1. The summed E-state index contributed by atoms with van der Waals surface area (Å²) >= 11 is 0.768. The van der Waals surface area contributed by atoms with Crippen LogP contribution < -0.4 is 0 Å². The first-order valence-electron chi connectivity index (χ1n) is 5.19. The number of carbonyl (C=O) groups is 1. The smallest absolute Gasteiger partial charge is 0.345 e. The lowest BCUT2D eigenvalue weighted by atomic mass is 10.5. The summed E-state index contributed by atoms with van der Waals surface area (Å²) in [5.74, 6) is -1.11. The van der Waals surface area contributed by atoms with E-state index in [1.165, 1.54) is 23.5 Å². The third kappa shape index (κ3) is 3.52. The quantitative estimate of drug-likeness (QED) is 0.832. The Bertz CT molecular complexity index is 522. The highest BCUT2D eigenvalue weighted by Gasteiger charge is 2.23. The summed E-state index contributed by atoms with van der Waals surface area (Å²) in [7, 11) is 1.61. The average molecular weight is 292 g/mol.